The van der Waals surface area contributed by atoms with Gasteiger partial charge in [0.2, 0.25) is 10.0 Å². The number of carboxylic acids is 1. The smallest absolute Gasteiger partial charge is 0.326 e. The molecular weight excluding hydrogens is 258 g/mol. The van der Waals surface area contributed by atoms with Crippen LogP contribution in [0.25, 0.3) is 0 Å². The first-order valence-electron chi connectivity index (χ1n) is 5.25. The quantitative estimate of drug-likeness (QED) is 0.765. The average molecular weight is 271 g/mol. The second-order valence-corrected chi connectivity index (χ2v) is 5.86. The van der Waals surface area contributed by atoms with Crippen LogP contribution in [0.4, 0.5) is 0 Å². The highest BCUT2D eigenvalue weighted by atomic mass is 32.2. The van der Waals surface area contributed by atoms with Crippen molar-refractivity contribution in [1.82, 2.24) is 14.1 Å². The highest BCUT2D eigenvalue weighted by molar-refractivity contribution is 7.89. The van der Waals surface area contributed by atoms with Crippen molar-refractivity contribution >= 4 is 16.0 Å². The maximum Gasteiger partial charge on any atom is 0.326 e. The Kier molecular flexibility index (Phi) is 2.99. The fraction of sp³-hybridized carbons (Fsp3) is 0.400. The monoisotopic (exact) mass is 271 g/mol. The molecule has 0 spiro atoms. The van der Waals surface area contributed by atoms with Gasteiger partial charge in [0.15, 0.2) is 0 Å². The van der Waals surface area contributed by atoms with E-state index in [2.05, 4.69) is 5.10 Å². The zero-order valence-corrected chi connectivity index (χ0v) is 10.8. The Bertz CT molecular complexity index is 617. The summed E-state index contributed by atoms with van der Waals surface area (Å²) in [6, 6.07) is -1.14. The number of aliphatic carboxylic acids is 1. The van der Waals surface area contributed by atoms with Crippen molar-refractivity contribution < 1.29 is 18.3 Å². The van der Waals surface area contributed by atoms with Gasteiger partial charge in [0.25, 0.3) is 0 Å². The van der Waals surface area contributed by atoms with Gasteiger partial charge in [-0.15, -0.1) is 0 Å². The molecule has 0 bridgehead atoms. The lowest BCUT2D eigenvalue weighted by Crippen LogP contribution is -2.40. The Morgan fingerprint density at radius 2 is 2.22 bits per heavy atom. The summed E-state index contributed by atoms with van der Waals surface area (Å²) in [5.74, 6) is -1.19. The summed E-state index contributed by atoms with van der Waals surface area (Å²) in [6.07, 6.45) is 4.13. The third-order valence-electron chi connectivity index (χ3n) is 2.94. The summed E-state index contributed by atoms with van der Waals surface area (Å²) in [5.41, 5.74) is 0.478. The molecule has 18 heavy (non-hydrogen) atoms. The minimum atomic E-state index is -3.84. The zero-order valence-electron chi connectivity index (χ0n) is 9.94. The van der Waals surface area contributed by atoms with Gasteiger partial charge in [-0.05, 0) is 6.92 Å². The number of carbonyl (C=O) groups is 1. The van der Waals surface area contributed by atoms with Crippen molar-refractivity contribution in [3.05, 3.63) is 24.0 Å². The minimum Gasteiger partial charge on any atom is -0.480 e. The van der Waals surface area contributed by atoms with Crippen LogP contribution in [0.5, 0.6) is 0 Å². The maximum absolute atomic E-state index is 12.4. The summed E-state index contributed by atoms with van der Waals surface area (Å²) in [4.78, 5) is 11.0. The SMILES string of the molecule is Cc1c(S(=O)(=O)N2CC=CC2C(=O)O)cnn1C. The van der Waals surface area contributed by atoms with Crippen molar-refractivity contribution in [3.63, 3.8) is 0 Å². The number of aromatic nitrogens is 2. The van der Waals surface area contributed by atoms with Crippen LogP contribution < -0.4 is 0 Å². The van der Waals surface area contributed by atoms with E-state index < -0.39 is 22.0 Å². The van der Waals surface area contributed by atoms with E-state index in [1.54, 1.807) is 14.0 Å². The van der Waals surface area contributed by atoms with Crippen molar-refractivity contribution in [3.8, 4) is 0 Å². The van der Waals surface area contributed by atoms with Crippen LogP contribution in [-0.2, 0) is 21.9 Å². The van der Waals surface area contributed by atoms with Crippen LogP contribution >= 0.6 is 0 Å². The first-order valence-corrected chi connectivity index (χ1v) is 6.69. The molecule has 1 aromatic rings. The fourth-order valence-corrected chi connectivity index (χ4v) is 3.49. The predicted molar refractivity (Wildman–Crippen MR) is 62.4 cm³/mol. The first-order chi connectivity index (χ1) is 8.35. The van der Waals surface area contributed by atoms with Crippen LogP contribution in [0.3, 0.4) is 0 Å². The Morgan fingerprint density at radius 1 is 1.56 bits per heavy atom. The molecule has 1 aromatic heterocycles. The van der Waals surface area contributed by atoms with E-state index in [0.29, 0.717) is 5.69 Å². The predicted octanol–water partition coefficient (Wildman–Crippen LogP) is -0.258. The van der Waals surface area contributed by atoms with Gasteiger partial charge in [-0.3, -0.25) is 9.48 Å². The van der Waals surface area contributed by atoms with Crippen LogP contribution in [0.15, 0.2) is 23.2 Å². The number of hydrogen-bond donors (Lipinski definition) is 1. The van der Waals surface area contributed by atoms with E-state index in [0.717, 1.165) is 4.31 Å². The van der Waals surface area contributed by atoms with E-state index in [1.807, 2.05) is 0 Å². The van der Waals surface area contributed by atoms with Crippen LogP contribution in [0, 0.1) is 6.92 Å². The number of sulfonamides is 1. The average Bonchev–Trinajstić information content (AvgIpc) is 2.87. The first kappa shape index (κ1) is 12.8. The second-order valence-electron chi connectivity index (χ2n) is 4.00. The normalized spacial score (nSPS) is 20.4. The van der Waals surface area contributed by atoms with Crippen LogP contribution in [0.2, 0.25) is 0 Å². The Labute approximate surface area is 104 Å². The van der Waals surface area contributed by atoms with Gasteiger partial charge < -0.3 is 5.11 Å². The Balaban J connectivity index is 2.44. The molecule has 7 nitrogen and oxygen atoms in total. The van der Waals surface area contributed by atoms with Crippen LogP contribution in [-0.4, -0.2) is 46.2 Å². The number of rotatable bonds is 3. The molecule has 1 unspecified atom stereocenters. The summed E-state index contributed by atoms with van der Waals surface area (Å²) in [6.45, 7) is 1.69. The molecule has 0 saturated heterocycles. The minimum absolute atomic E-state index is 0.0416. The van der Waals surface area contributed by atoms with Crippen molar-refractivity contribution in [2.45, 2.75) is 17.9 Å². The highest BCUT2D eigenvalue weighted by Gasteiger charge is 2.38. The van der Waals surface area contributed by atoms with Gasteiger partial charge in [-0.25, -0.2) is 8.42 Å². The molecule has 98 valence electrons. The molecule has 0 amide bonds. The Morgan fingerprint density at radius 3 is 2.72 bits per heavy atom. The summed E-state index contributed by atoms with van der Waals surface area (Å²) in [7, 11) is -2.21. The molecule has 1 atom stereocenters. The van der Waals surface area contributed by atoms with Crippen molar-refractivity contribution in [2.75, 3.05) is 6.54 Å². The molecule has 1 N–H and O–H groups in total. The summed E-state index contributed by atoms with van der Waals surface area (Å²) < 4.78 is 27.1. The number of aryl methyl sites for hydroxylation is 1. The second kappa shape index (κ2) is 4.21. The topological polar surface area (TPSA) is 92.5 Å². The molecule has 0 aromatic carbocycles. The Hall–Kier alpha value is -1.67. The van der Waals surface area contributed by atoms with Gasteiger partial charge >= 0.3 is 5.97 Å². The highest BCUT2D eigenvalue weighted by Crippen LogP contribution is 2.24. The van der Waals surface area contributed by atoms with E-state index in [9.17, 15) is 13.2 Å². The lowest BCUT2D eigenvalue weighted by Gasteiger charge is -2.20. The standard InChI is InChI=1S/C10H13N3O4S/c1-7-9(6-11-12(7)2)18(16,17)13-5-3-4-8(13)10(14)15/h3-4,6,8H,5H2,1-2H3,(H,14,15). The molecular formula is C10H13N3O4S. The zero-order chi connectivity index (χ0) is 13.5. The third kappa shape index (κ3) is 1.83. The summed E-state index contributed by atoms with van der Waals surface area (Å²) in [5, 5.41) is 12.9. The van der Waals surface area contributed by atoms with Gasteiger partial charge in [0.05, 0.1) is 11.9 Å². The molecule has 0 saturated carbocycles. The van der Waals surface area contributed by atoms with Gasteiger partial charge in [-0.2, -0.15) is 9.40 Å². The molecule has 1 aliphatic heterocycles. The van der Waals surface area contributed by atoms with Crippen molar-refractivity contribution in [2.24, 2.45) is 7.05 Å². The van der Waals surface area contributed by atoms with E-state index >= 15 is 0 Å². The largest absolute Gasteiger partial charge is 0.480 e. The van der Waals surface area contributed by atoms with E-state index in [1.165, 1.54) is 23.0 Å². The molecule has 1 aliphatic rings. The maximum atomic E-state index is 12.4. The number of nitrogens with zero attached hydrogens (tertiary/aromatic N) is 3. The molecule has 2 heterocycles. The molecule has 0 fully saturated rings. The number of carboxylic acid groups (broad SMARTS) is 1. The van der Waals surface area contributed by atoms with Gasteiger partial charge in [0, 0.05) is 13.6 Å². The molecule has 0 radical (unpaired) electrons. The molecule has 0 aliphatic carbocycles. The molecule has 8 heteroatoms. The number of hydrogen-bond acceptors (Lipinski definition) is 4. The fourth-order valence-electron chi connectivity index (χ4n) is 1.81. The van der Waals surface area contributed by atoms with Crippen molar-refractivity contribution in [1.29, 1.82) is 0 Å². The lowest BCUT2D eigenvalue weighted by atomic mass is 10.3. The van der Waals surface area contributed by atoms with Gasteiger partial charge in [0.1, 0.15) is 10.9 Å². The third-order valence-corrected chi connectivity index (χ3v) is 4.89. The summed E-state index contributed by atoms with van der Waals surface area (Å²) >= 11 is 0. The van der Waals surface area contributed by atoms with Crippen LogP contribution in [0.1, 0.15) is 5.69 Å². The van der Waals surface area contributed by atoms with Gasteiger partial charge in [-0.1, -0.05) is 12.2 Å². The lowest BCUT2D eigenvalue weighted by molar-refractivity contribution is -0.139. The van der Waals surface area contributed by atoms with E-state index in [4.69, 9.17) is 5.11 Å². The van der Waals surface area contributed by atoms with E-state index in [-0.39, 0.29) is 11.4 Å². The molecule has 2 rings (SSSR count).